The van der Waals surface area contributed by atoms with Crippen molar-refractivity contribution in [3.05, 3.63) is 53.6 Å². The highest BCUT2D eigenvalue weighted by atomic mass is 16.5. The Hall–Kier alpha value is -2.09. The Kier molecular flexibility index (Phi) is 7.09. The van der Waals surface area contributed by atoms with E-state index in [2.05, 4.69) is 50.3 Å². The predicted molar refractivity (Wildman–Crippen MR) is 114 cm³/mol. The maximum Gasteiger partial charge on any atom is 0.306 e. The molecule has 0 heterocycles. The van der Waals surface area contributed by atoms with Crippen LogP contribution in [0.1, 0.15) is 82.4 Å². The van der Waals surface area contributed by atoms with Gasteiger partial charge in [-0.05, 0) is 34.8 Å². The normalized spacial score (nSPS) is 15.4. The minimum Gasteiger partial charge on any atom is -0.453 e. The monoisotopic (exact) mass is 364 g/mol. The molecule has 0 amide bonds. The molecule has 1 atom stereocenters. The first-order valence-electron chi connectivity index (χ1n) is 10.5. The third-order valence-corrected chi connectivity index (χ3v) is 5.40. The summed E-state index contributed by atoms with van der Waals surface area (Å²) in [5, 5.41) is 2.41. The molecule has 1 aliphatic carbocycles. The van der Waals surface area contributed by atoms with Crippen molar-refractivity contribution in [3.63, 3.8) is 0 Å². The number of esters is 1. The van der Waals surface area contributed by atoms with Gasteiger partial charge in [0.15, 0.2) is 0 Å². The van der Waals surface area contributed by atoms with E-state index in [4.69, 9.17) is 4.74 Å². The number of rotatable bonds is 10. The number of benzene rings is 2. The molecule has 0 spiro atoms. The van der Waals surface area contributed by atoms with Crippen molar-refractivity contribution in [2.45, 2.75) is 71.3 Å². The summed E-state index contributed by atoms with van der Waals surface area (Å²) in [5.41, 5.74) is 2.30. The number of hydrogen-bond donors (Lipinski definition) is 0. The molecule has 2 heteroatoms. The maximum atomic E-state index is 12.3. The third kappa shape index (κ3) is 5.45. The fourth-order valence-electron chi connectivity index (χ4n) is 3.90. The van der Waals surface area contributed by atoms with Crippen molar-refractivity contribution < 1.29 is 9.53 Å². The lowest BCUT2D eigenvalue weighted by Crippen LogP contribution is -2.11. The fourth-order valence-corrected chi connectivity index (χ4v) is 3.90. The van der Waals surface area contributed by atoms with Crippen LogP contribution in [0.3, 0.4) is 0 Å². The summed E-state index contributed by atoms with van der Waals surface area (Å²) in [7, 11) is 0. The van der Waals surface area contributed by atoms with Crippen LogP contribution in [0.15, 0.2) is 42.5 Å². The van der Waals surface area contributed by atoms with Gasteiger partial charge in [0.25, 0.3) is 0 Å². The van der Waals surface area contributed by atoms with Gasteiger partial charge in [-0.2, -0.15) is 0 Å². The van der Waals surface area contributed by atoms with Crippen molar-refractivity contribution in [3.8, 4) is 0 Å². The number of unbranched alkanes of at least 4 members (excludes halogenated alkanes) is 5. The van der Waals surface area contributed by atoms with E-state index in [-0.39, 0.29) is 12.1 Å². The summed E-state index contributed by atoms with van der Waals surface area (Å²) in [4.78, 5) is 12.3. The smallest absolute Gasteiger partial charge is 0.306 e. The molecule has 0 fully saturated rings. The standard InChI is InChI=1S/C25H32O2/c1-19(2)11-7-5-3-4-6-8-16-24(26)27-23-18-17-21-13-9-12-20-14-10-15-22(23)25(20)21/h9-10,12-15,17-19,23H,3-8,11,16H2,1-2H3. The van der Waals surface area contributed by atoms with Gasteiger partial charge in [0.2, 0.25) is 0 Å². The topological polar surface area (TPSA) is 26.3 Å². The SMILES string of the molecule is CC(C)CCCCCCCCC(=O)OC1C=Cc2cccc3cccc1c23. The van der Waals surface area contributed by atoms with Crippen LogP contribution < -0.4 is 0 Å². The van der Waals surface area contributed by atoms with Crippen LogP contribution in [0.5, 0.6) is 0 Å². The predicted octanol–water partition coefficient (Wildman–Crippen LogP) is 7.23. The summed E-state index contributed by atoms with van der Waals surface area (Å²) >= 11 is 0. The Balaban J connectivity index is 1.42. The molecule has 0 bridgehead atoms. The van der Waals surface area contributed by atoms with Gasteiger partial charge >= 0.3 is 5.97 Å². The van der Waals surface area contributed by atoms with Crippen LogP contribution in [0.2, 0.25) is 0 Å². The highest BCUT2D eigenvalue weighted by Gasteiger charge is 2.20. The van der Waals surface area contributed by atoms with Gasteiger partial charge in [-0.25, -0.2) is 0 Å². The van der Waals surface area contributed by atoms with Gasteiger partial charge in [0, 0.05) is 12.0 Å². The van der Waals surface area contributed by atoms with E-state index in [0.29, 0.717) is 6.42 Å². The van der Waals surface area contributed by atoms with E-state index in [1.165, 1.54) is 48.4 Å². The molecule has 2 aromatic carbocycles. The highest BCUT2D eigenvalue weighted by molar-refractivity contribution is 5.95. The van der Waals surface area contributed by atoms with Gasteiger partial charge in [0.05, 0.1) is 0 Å². The minimum absolute atomic E-state index is 0.0826. The van der Waals surface area contributed by atoms with E-state index in [9.17, 15) is 4.79 Å². The number of ether oxygens (including phenoxy) is 1. The second kappa shape index (κ2) is 9.73. The van der Waals surface area contributed by atoms with Crippen LogP contribution in [-0.4, -0.2) is 5.97 Å². The number of hydrogen-bond acceptors (Lipinski definition) is 2. The van der Waals surface area contributed by atoms with Crippen LogP contribution in [-0.2, 0) is 9.53 Å². The Morgan fingerprint density at radius 3 is 2.44 bits per heavy atom. The average Bonchev–Trinajstić information content (AvgIpc) is 2.66. The molecule has 0 aliphatic heterocycles. The molecule has 0 radical (unpaired) electrons. The van der Waals surface area contributed by atoms with Crippen molar-refractivity contribution in [1.29, 1.82) is 0 Å². The lowest BCUT2D eigenvalue weighted by Gasteiger charge is -2.21. The fraction of sp³-hybridized carbons (Fsp3) is 0.480. The summed E-state index contributed by atoms with van der Waals surface area (Å²) < 4.78 is 5.78. The lowest BCUT2D eigenvalue weighted by atomic mass is 9.91. The Morgan fingerprint density at radius 1 is 0.963 bits per heavy atom. The molecular weight excluding hydrogens is 332 g/mol. The maximum absolute atomic E-state index is 12.3. The average molecular weight is 365 g/mol. The van der Waals surface area contributed by atoms with Crippen LogP contribution >= 0.6 is 0 Å². The summed E-state index contributed by atoms with van der Waals surface area (Å²) in [6.45, 7) is 4.57. The van der Waals surface area contributed by atoms with E-state index in [1.807, 2.05) is 12.1 Å². The molecule has 0 saturated heterocycles. The molecule has 3 rings (SSSR count). The Labute approximate surface area is 163 Å². The van der Waals surface area contributed by atoms with Gasteiger partial charge in [-0.3, -0.25) is 4.79 Å². The zero-order chi connectivity index (χ0) is 19.1. The molecule has 27 heavy (non-hydrogen) atoms. The number of carbonyl (C=O) groups is 1. The molecule has 0 aromatic heterocycles. The molecule has 2 aromatic rings. The molecule has 2 nitrogen and oxygen atoms in total. The van der Waals surface area contributed by atoms with Gasteiger partial charge < -0.3 is 4.74 Å². The minimum atomic E-state index is -0.257. The Bertz CT molecular complexity index is 783. The summed E-state index contributed by atoms with van der Waals surface area (Å²) in [5.74, 6) is 0.729. The largest absolute Gasteiger partial charge is 0.453 e. The van der Waals surface area contributed by atoms with Gasteiger partial charge in [0.1, 0.15) is 6.10 Å². The van der Waals surface area contributed by atoms with Crippen LogP contribution in [0.4, 0.5) is 0 Å². The lowest BCUT2D eigenvalue weighted by molar-refractivity contribution is -0.147. The first-order valence-corrected chi connectivity index (χ1v) is 10.5. The van der Waals surface area contributed by atoms with Crippen LogP contribution in [0.25, 0.3) is 16.8 Å². The zero-order valence-corrected chi connectivity index (χ0v) is 16.7. The first kappa shape index (κ1) is 19.7. The third-order valence-electron chi connectivity index (χ3n) is 5.40. The zero-order valence-electron chi connectivity index (χ0n) is 16.7. The second-order valence-electron chi connectivity index (χ2n) is 8.12. The molecule has 144 valence electrons. The van der Waals surface area contributed by atoms with E-state index >= 15 is 0 Å². The summed E-state index contributed by atoms with van der Waals surface area (Å²) in [6, 6.07) is 12.5. The highest BCUT2D eigenvalue weighted by Crippen LogP contribution is 2.35. The molecule has 0 N–H and O–H groups in total. The van der Waals surface area contributed by atoms with Gasteiger partial charge in [-0.15, -0.1) is 0 Å². The first-order chi connectivity index (χ1) is 13.1. The van der Waals surface area contributed by atoms with Crippen molar-refractivity contribution >= 4 is 22.8 Å². The molecule has 1 unspecified atom stereocenters. The van der Waals surface area contributed by atoms with Crippen LogP contribution in [0, 0.1) is 5.92 Å². The Morgan fingerprint density at radius 2 is 1.67 bits per heavy atom. The van der Waals surface area contributed by atoms with Crippen molar-refractivity contribution in [1.82, 2.24) is 0 Å². The number of carbonyl (C=O) groups excluding carboxylic acids is 1. The molecule has 1 aliphatic rings. The van der Waals surface area contributed by atoms with E-state index in [1.54, 1.807) is 0 Å². The van der Waals surface area contributed by atoms with E-state index in [0.717, 1.165) is 24.3 Å². The summed E-state index contributed by atoms with van der Waals surface area (Å²) in [6.07, 6.45) is 12.9. The molecule has 0 saturated carbocycles. The van der Waals surface area contributed by atoms with Crippen molar-refractivity contribution in [2.75, 3.05) is 0 Å². The quantitative estimate of drug-likeness (QED) is 0.328. The van der Waals surface area contributed by atoms with E-state index < -0.39 is 0 Å². The molecular formula is C25H32O2. The second-order valence-corrected chi connectivity index (χ2v) is 8.12. The van der Waals surface area contributed by atoms with Gasteiger partial charge in [-0.1, -0.05) is 94.8 Å². The van der Waals surface area contributed by atoms with Crippen molar-refractivity contribution in [2.24, 2.45) is 5.92 Å².